The second-order valence-electron chi connectivity index (χ2n) is 8.42. The van der Waals surface area contributed by atoms with Crippen molar-refractivity contribution in [1.29, 1.82) is 0 Å². The number of rotatable bonds is 3. The van der Waals surface area contributed by atoms with Crippen LogP contribution in [0.2, 0.25) is 0 Å². The normalized spacial score (nSPS) is 18.7. The predicted octanol–water partition coefficient (Wildman–Crippen LogP) is 4.19. The largest absolute Gasteiger partial charge is 0.443 e. The topological polar surface area (TPSA) is 67.2 Å². The van der Waals surface area contributed by atoms with Crippen LogP contribution in [0.1, 0.15) is 69.9 Å². The minimum atomic E-state index is -0.201. The third-order valence-corrected chi connectivity index (χ3v) is 4.78. The Morgan fingerprint density at radius 1 is 1.32 bits per heavy atom. The standard InChI is InChI=1S/C20H27N3O2/c1-19(2,3)16-11-21-17(25-16)12-22-18(24)23-15-10-20(4,5)14-9-7-6-8-13(14)15/h6-9,11,15H,10,12H2,1-5H3,(H2,22,23,24). The van der Waals surface area contributed by atoms with Crippen LogP contribution in [0.25, 0.3) is 0 Å². The summed E-state index contributed by atoms with van der Waals surface area (Å²) < 4.78 is 5.70. The molecule has 1 atom stereocenters. The molecule has 1 aliphatic carbocycles. The molecule has 1 unspecified atom stereocenters. The molecule has 0 aliphatic heterocycles. The van der Waals surface area contributed by atoms with E-state index in [2.05, 4.69) is 68.4 Å². The maximum Gasteiger partial charge on any atom is 0.315 e. The molecule has 5 nitrogen and oxygen atoms in total. The van der Waals surface area contributed by atoms with Crippen LogP contribution in [0.5, 0.6) is 0 Å². The van der Waals surface area contributed by atoms with Crippen molar-refractivity contribution >= 4 is 6.03 Å². The van der Waals surface area contributed by atoms with E-state index in [-0.39, 0.29) is 29.4 Å². The minimum absolute atomic E-state index is 0.0286. The first-order chi connectivity index (χ1) is 11.7. The second-order valence-corrected chi connectivity index (χ2v) is 8.42. The molecule has 1 aromatic heterocycles. The van der Waals surface area contributed by atoms with Gasteiger partial charge in [0.1, 0.15) is 5.76 Å². The molecule has 0 spiro atoms. The summed E-state index contributed by atoms with van der Waals surface area (Å²) in [5, 5.41) is 5.92. The summed E-state index contributed by atoms with van der Waals surface area (Å²) >= 11 is 0. The first-order valence-electron chi connectivity index (χ1n) is 8.76. The molecule has 0 saturated carbocycles. The van der Waals surface area contributed by atoms with Gasteiger partial charge in [-0.1, -0.05) is 58.9 Å². The number of amides is 2. The van der Waals surface area contributed by atoms with Crippen LogP contribution in [0.3, 0.4) is 0 Å². The van der Waals surface area contributed by atoms with Crippen LogP contribution in [0.15, 0.2) is 34.9 Å². The fourth-order valence-electron chi connectivity index (χ4n) is 3.38. The smallest absolute Gasteiger partial charge is 0.315 e. The van der Waals surface area contributed by atoms with Crippen LogP contribution in [0, 0.1) is 0 Å². The third-order valence-electron chi connectivity index (χ3n) is 4.78. The monoisotopic (exact) mass is 341 g/mol. The molecule has 0 radical (unpaired) electrons. The first-order valence-corrected chi connectivity index (χ1v) is 8.76. The first kappa shape index (κ1) is 17.5. The lowest BCUT2D eigenvalue weighted by molar-refractivity contribution is 0.234. The Hall–Kier alpha value is -2.30. The fraction of sp³-hybridized carbons (Fsp3) is 0.500. The fourth-order valence-corrected chi connectivity index (χ4v) is 3.38. The van der Waals surface area contributed by atoms with Gasteiger partial charge in [0.05, 0.1) is 18.8 Å². The van der Waals surface area contributed by atoms with E-state index in [1.165, 1.54) is 11.1 Å². The number of nitrogens with one attached hydrogen (secondary N) is 2. The van der Waals surface area contributed by atoms with E-state index in [4.69, 9.17) is 4.42 Å². The van der Waals surface area contributed by atoms with Gasteiger partial charge in [0.15, 0.2) is 0 Å². The molecule has 5 heteroatoms. The molecule has 1 heterocycles. The Labute approximate surface area is 149 Å². The molecule has 0 fully saturated rings. The average molecular weight is 341 g/mol. The van der Waals surface area contributed by atoms with Crippen LogP contribution < -0.4 is 10.6 Å². The van der Waals surface area contributed by atoms with Crippen molar-refractivity contribution in [3.63, 3.8) is 0 Å². The SMILES string of the molecule is CC(C)(C)c1cnc(CNC(=O)NC2CC(C)(C)c3ccccc32)o1. The zero-order valence-electron chi connectivity index (χ0n) is 15.6. The number of hydrogen-bond acceptors (Lipinski definition) is 3. The van der Waals surface area contributed by atoms with E-state index in [1.54, 1.807) is 6.20 Å². The number of fused-ring (bicyclic) bond motifs is 1. The Morgan fingerprint density at radius 2 is 2.04 bits per heavy atom. The highest BCUT2D eigenvalue weighted by Crippen LogP contribution is 2.44. The summed E-state index contributed by atoms with van der Waals surface area (Å²) in [6.45, 7) is 10.9. The molecule has 1 aromatic carbocycles. The van der Waals surface area contributed by atoms with Crippen molar-refractivity contribution in [3.8, 4) is 0 Å². The van der Waals surface area contributed by atoms with Crippen LogP contribution in [-0.4, -0.2) is 11.0 Å². The van der Waals surface area contributed by atoms with Crippen LogP contribution >= 0.6 is 0 Å². The van der Waals surface area contributed by atoms with Crippen molar-refractivity contribution in [1.82, 2.24) is 15.6 Å². The van der Waals surface area contributed by atoms with Gasteiger partial charge in [-0.2, -0.15) is 0 Å². The van der Waals surface area contributed by atoms with E-state index in [1.807, 2.05) is 6.07 Å². The lowest BCUT2D eigenvalue weighted by Gasteiger charge is -2.19. The lowest BCUT2D eigenvalue weighted by atomic mass is 9.86. The summed E-state index contributed by atoms with van der Waals surface area (Å²) in [5.74, 6) is 1.34. The number of nitrogens with zero attached hydrogens (tertiary/aromatic N) is 1. The van der Waals surface area contributed by atoms with E-state index < -0.39 is 0 Å². The summed E-state index contributed by atoms with van der Waals surface area (Å²) in [6, 6.07) is 8.15. The number of benzene rings is 1. The van der Waals surface area contributed by atoms with E-state index >= 15 is 0 Å². The minimum Gasteiger partial charge on any atom is -0.443 e. The molecule has 1 aliphatic rings. The van der Waals surface area contributed by atoms with E-state index in [0.29, 0.717) is 5.89 Å². The molecule has 3 rings (SSSR count). The van der Waals surface area contributed by atoms with Gasteiger partial charge in [-0.3, -0.25) is 0 Å². The number of hydrogen-bond donors (Lipinski definition) is 2. The molecule has 134 valence electrons. The van der Waals surface area contributed by atoms with E-state index in [0.717, 1.165) is 12.2 Å². The van der Waals surface area contributed by atoms with Gasteiger partial charge in [0, 0.05) is 5.41 Å². The van der Waals surface area contributed by atoms with E-state index in [9.17, 15) is 4.79 Å². The quantitative estimate of drug-likeness (QED) is 0.879. The van der Waals surface area contributed by atoms with Gasteiger partial charge in [-0.15, -0.1) is 0 Å². The van der Waals surface area contributed by atoms with Gasteiger partial charge in [-0.05, 0) is 23.0 Å². The zero-order valence-corrected chi connectivity index (χ0v) is 15.6. The summed E-state index contributed by atoms with van der Waals surface area (Å²) in [6.07, 6.45) is 2.62. The highest BCUT2D eigenvalue weighted by molar-refractivity contribution is 5.74. The number of carbonyl (C=O) groups is 1. The van der Waals surface area contributed by atoms with Gasteiger partial charge < -0.3 is 15.1 Å². The highest BCUT2D eigenvalue weighted by atomic mass is 16.4. The Morgan fingerprint density at radius 3 is 2.72 bits per heavy atom. The molecule has 0 saturated heterocycles. The molecule has 25 heavy (non-hydrogen) atoms. The van der Waals surface area contributed by atoms with Crippen molar-refractivity contribution in [2.24, 2.45) is 0 Å². The van der Waals surface area contributed by atoms with Crippen molar-refractivity contribution in [2.45, 2.75) is 64.5 Å². The maximum atomic E-state index is 12.3. The molecule has 2 aromatic rings. The molecular weight excluding hydrogens is 314 g/mol. The van der Waals surface area contributed by atoms with Gasteiger partial charge >= 0.3 is 6.03 Å². The van der Waals surface area contributed by atoms with Crippen molar-refractivity contribution in [2.75, 3.05) is 0 Å². The average Bonchev–Trinajstić information content (AvgIpc) is 3.09. The number of aromatic nitrogens is 1. The van der Waals surface area contributed by atoms with Gasteiger partial charge in [0.2, 0.25) is 5.89 Å². The van der Waals surface area contributed by atoms with Crippen LogP contribution in [0.4, 0.5) is 4.79 Å². The van der Waals surface area contributed by atoms with Gasteiger partial charge in [0.25, 0.3) is 0 Å². The highest BCUT2D eigenvalue weighted by Gasteiger charge is 2.37. The zero-order chi connectivity index (χ0) is 18.2. The lowest BCUT2D eigenvalue weighted by Crippen LogP contribution is -2.37. The molecule has 0 bridgehead atoms. The van der Waals surface area contributed by atoms with Gasteiger partial charge in [-0.25, -0.2) is 9.78 Å². The summed E-state index contributed by atoms with van der Waals surface area (Å²) in [5.41, 5.74) is 2.49. The Balaban J connectivity index is 1.60. The summed E-state index contributed by atoms with van der Waals surface area (Å²) in [4.78, 5) is 16.5. The van der Waals surface area contributed by atoms with Crippen molar-refractivity contribution in [3.05, 3.63) is 53.2 Å². The van der Waals surface area contributed by atoms with Crippen molar-refractivity contribution < 1.29 is 9.21 Å². The molecular formula is C20H27N3O2. The Kier molecular flexibility index (Phi) is 4.35. The molecule has 2 amide bonds. The number of urea groups is 1. The maximum absolute atomic E-state index is 12.3. The predicted molar refractivity (Wildman–Crippen MR) is 97.4 cm³/mol. The van der Waals surface area contributed by atoms with Crippen LogP contribution in [-0.2, 0) is 17.4 Å². The number of carbonyl (C=O) groups excluding carboxylic acids is 1. The molecule has 2 N–H and O–H groups in total. The Bertz CT molecular complexity index is 771. The second kappa shape index (κ2) is 6.21. The summed E-state index contributed by atoms with van der Waals surface area (Å²) in [7, 11) is 0. The third kappa shape index (κ3) is 3.70. The number of oxazole rings is 1.